The lowest BCUT2D eigenvalue weighted by Crippen LogP contribution is -2.64. The normalized spacial score (nSPS) is 29.1. The van der Waals surface area contributed by atoms with Crippen LogP contribution in [0.5, 0.6) is 46.0 Å². The number of aliphatic hydroxyl groups excluding tert-OH is 6. The van der Waals surface area contributed by atoms with Crippen molar-refractivity contribution in [2.24, 2.45) is 28.3 Å². The molecular formula is C69H79Cl2N9O24. The van der Waals surface area contributed by atoms with Crippen LogP contribution in [-0.4, -0.2) is 190 Å². The van der Waals surface area contributed by atoms with E-state index in [0.29, 0.717) is 0 Å². The number of aliphatic hydroxyl groups is 6. The fourth-order valence-electron chi connectivity index (χ4n) is 12.6. The summed E-state index contributed by atoms with van der Waals surface area (Å²) in [6, 6.07) is -0.946. The Kier molecular flexibility index (Phi) is 23.3. The van der Waals surface area contributed by atoms with Gasteiger partial charge in [-0.2, -0.15) is 0 Å². The lowest BCUT2D eigenvalue weighted by molar-refractivity contribution is -0.333. The molecule has 33 nitrogen and oxygen atoms in total. The molecule has 0 radical (unpaired) electrons. The third kappa shape index (κ3) is 16.7. The molecule has 2 saturated heterocycles. The fraction of sp³-hybridized carbons (Fsp3) is 0.435. The number of aliphatic imine (C=N–C) groups is 1. The average Bonchev–Trinajstić information content (AvgIpc) is 0.767. The van der Waals surface area contributed by atoms with Crippen LogP contribution in [0.3, 0.4) is 0 Å². The molecule has 18 atom stereocenters. The van der Waals surface area contributed by atoms with E-state index in [9.17, 15) is 75.0 Å². The van der Waals surface area contributed by atoms with Crippen molar-refractivity contribution in [3.63, 3.8) is 0 Å². The van der Waals surface area contributed by atoms with Crippen molar-refractivity contribution >= 4 is 76.7 Å². The van der Waals surface area contributed by atoms with E-state index in [-0.39, 0.29) is 52.1 Å². The monoisotopic (exact) mass is 1490 g/mol. The van der Waals surface area contributed by atoms with Gasteiger partial charge in [-0.15, -0.1) is 0 Å². The molecule has 0 spiro atoms. The molecule has 11 bridgehead atoms. The van der Waals surface area contributed by atoms with Gasteiger partial charge in [-0.05, 0) is 109 Å². The number of hydrogen-bond donors (Lipinski definition) is 18. The molecule has 7 aliphatic heterocycles. The topological polar surface area (TPSA) is 531 Å². The van der Waals surface area contributed by atoms with E-state index in [4.69, 9.17) is 63.1 Å². The summed E-state index contributed by atoms with van der Waals surface area (Å²) in [6.07, 6.45) is -17.2. The molecule has 7 aliphatic rings. The van der Waals surface area contributed by atoms with Crippen molar-refractivity contribution in [1.82, 2.24) is 31.9 Å². The molecule has 0 aliphatic carbocycles. The van der Waals surface area contributed by atoms with Crippen LogP contribution in [-0.2, 0) is 52.6 Å². The van der Waals surface area contributed by atoms with Gasteiger partial charge in [0.25, 0.3) is 0 Å². The minimum absolute atomic E-state index is 0.133. The number of primary amides is 1. The SMILES string of the molecule is CC(C)C=N[C@H](CC(C)C)C(=O)N[C@H]1C(=O)N[C@@H](CC(N)=O)C(=O)N[C@@H]2C(=O)N[C@H]3C(=O)N[C@H](C(=O)N[C@H](C(=O)O)c4cc(O)cc(O)c4-c4cc3ccc4O)[C@H](O)c3ccc(c(Cl)c3)Oc3cc2cc(c3O[C@@H]2O[C@H](CO)[C@@H](O)[C@H](O)[C@H]2O[C@H]2C[C@](C)(N)[C@H](O)[C@H](C)O2)Oc2ccc(cc2Cl)[C@H]1O. The Bertz CT molecular complexity index is 4200. The maximum Gasteiger partial charge on any atom is 0.330 e. The van der Waals surface area contributed by atoms with Gasteiger partial charge in [-0.1, -0.05) is 69.1 Å². The number of nitrogens with one attached hydrogen (secondary N) is 6. The molecule has 558 valence electrons. The van der Waals surface area contributed by atoms with Crippen molar-refractivity contribution < 1.29 is 118 Å². The van der Waals surface area contributed by atoms with Gasteiger partial charge in [0.2, 0.25) is 53.4 Å². The predicted molar refractivity (Wildman–Crippen MR) is 364 cm³/mol. The number of rotatable bonds is 14. The minimum Gasteiger partial charge on any atom is -0.508 e. The lowest BCUT2D eigenvalue weighted by atomic mass is 9.86. The van der Waals surface area contributed by atoms with Gasteiger partial charge in [0.05, 0.1) is 35.3 Å². The Labute approximate surface area is 602 Å². The quantitative estimate of drug-likeness (QED) is 0.0702. The molecule has 0 aromatic heterocycles. The summed E-state index contributed by atoms with van der Waals surface area (Å²) >= 11 is 14.2. The van der Waals surface area contributed by atoms with E-state index >= 15 is 14.4 Å². The number of fused-ring (bicyclic) bond motifs is 15. The minimum atomic E-state index is -2.36. The zero-order valence-electron chi connectivity index (χ0n) is 56.4. The van der Waals surface area contributed by atoms with Crippen LogP contribution in [0.1, 0.15) is 119 Å². The average molecular weight is 1490 g/mol. The van der Waals surface area contributed by atoms with E-state index in [1.165, 1.54) is 32.2 Å². The number of carboxylic acids is 1. The Morgan fingerprint density at radius 1 is 0.721 bits per heavy atom. The number of phenols is 3. The molecule has 35 heteroatoms. The van der Waals surface area contributed by atoms with E-state index in [1.807, 2.05) is 13.8 Å². The van der Waals surface area contributed by atoms with Crippen molar-refractivity contribution in [2.75, 3.05) is 6.61 Å². The molecule has 104 heavy (non-hydrogen) atoms. The number of benzene rings is 5. The Balaban J connectivity index is 1.24. The second-order valence-corrected chi connectivity index (χ2v) is 27.7. The summed E-state index contributed by atoms with van der Waals surface area (Å²) in [7, 11) is 0. The number of ether oxygens (including phenoxy) is 6. The largest absolute Gasteiger partial charge is 0.508 e. The van der Waals surface area contributed by atoms with Gasteiger partial charge in [0.1, 0.15) is 95.5 Å². The number of nitrogens with two attached hydrogens (primary N) is 2. The van der Waals surface area contributed by atoms with E-state index in [0.717, 1.165) is 66.7 Å². The molecule has 7 heterocycles. The highest BCUT2D eigenvalue weighted by Gasteiger charge is 2.52. The summed E-state index contributed by atoms with van der Waals surface area (Å²) in [4.78, 5) is 122. The highest BCUT2D eigenvalue weighted by atomic mass is 35.5. The molecule has 20 N–H and O–H groups in total. The van der Waals surface area contributed by atoms with Crippen molar-refractivity contribution in [1.29, 1.82) is 0 Å². The van der Waals surface area contributed by atoms with Crippen molar-refractivity contribution in [3.8, 4) is 57.1 Å². The van der Waals surface area contributed by atoms with Crippen molar-refractivity contribution in [3.05, 3.63) is 117 Å². The van der Waals surface area contributed by atoms with Gasteiger partial charge < -0.3 is 123 Å². The number of phenolic OH excluding ortho intramolecular Hbond substituents is 3. The van der Waals surface area contributed by atoms with Crippen LogP contribution in [0.15, 0.2) is 83.9 Å². The van der Waals surface area contributed by atoms with Gasteiger partial charge in [-0.3, -0.25) is 38.6 Å². The predicted octanol–water partition coefficient (Wildman–Crippen LogP) is 1.61. The molecule has 5 aromatic rings. The second-order valence-electron chi connectivity index (χ2n) is 26.9. The Morgan fingerprint density at radius 3 is 1.91 bits per heavy atom. The smallest absolute Gasteiger partial charge is 0.330 e. The number of halogens is 2. The summed E-state index contributed by atoms with van der Waals surface area (Å²) in [5.74, 6) is -16.3. The number of carboxylic acid groups (broad SMARTS) is 1. The molecule has 0 saturated carbocycles. The number of aliphatic carboxylic acids is 1. The zero-order valence-corrected chi connectivity index (χ0v) is 57.9. The van der Waals surface area contributed by atoms with Gasteiger partial charge in [0.15, 0.2) is 29.9 Å². The number of amides is 7. The van der Waals surface area contributed by atoms with Crippen LogP contribution in [0, 0.1) is 11.8 Å². The number of hydrogen-bond acceptors (Lipinski definition) is 25. The molecule has 12 rings (SSSR count). The first kappa shape index (κ1) is 77.1. The van der Waals surface area contributed by atoms with Crippen molar-refractivity contribution in [2.45, 2.75) is 170 Å². The number of aromatic hydroxyl groups is 3. The molecule has 0 unspecified atom stereocenters. The fourth-order valence-corrected chi connectivity index (χ4v) is 13.1. The van der Waals surface area contributed by atoms with Crippen LogP contribution in [0.25, 0.3) is 11.1 Å². The van der Waals surface area contributed by atoms with Crippen LogP contribution >= 0.6 is 23.2 Å². The zero-order chi connectivity index (χ0) is 75.8. The summed E-state index contributed by atoms with van der Waals surface area (Å²) in [6.45, 7) is 9.25. The van der Waals surface area contributed by atoms with Crippen LogP contribution in [0.2, 0.25) is 10.0 Å². The number of nitrogens with zero attached hydrogens (tertiary/aromatic N) is 1. The van der Waals surface area contributed by atoms with E-state index < -0.39 is 237 Å². The first-order valence-corrected chi connectivity index (χ1v) is 33.6. The second kappa shape index (κ2) is 31.5. The highest BCUT2D eigenvalue weighted by molar-refractivity contribution is 6.32. The van der Waals surface area contributed by atoms with Crippen LogP contribution < -0.4 is 57.6 Å². The third-order valence-corrected chi connectivity index (χ3v) is 18.6. The van der Waals surface area contributed by atoms with E-state index in [1.54, 1.807) is 13.8 Å². The van der Waals surface area contributed by atoms with Gasteiger partial charge in [-0.25, -0.2) is 4.79 Å². The molecule has 5 aromatic carbocycles. The van der Waals surface area contributed by atoms with Gasteiger partial charge >= 0.3 is 5.97 Å². The first-order valence-electron chi connectivity index (χ1n) is 32.8. The first-order chi connectivity index (χ1) is 49.0. The standard InChI is InChI=1S/C69H79Cl2N9O24/c1-25(2)13-37(74-23-26(3)4)61(91)79-52-54(86)29-8-11-41(35(70)15-29)100-43-17-31-18-44(58(43)104-68-59(57(89)56(88)45(24-81)102-68)103-47-22-69(6,73)60(90)27(5)99-47)101-42-12-9-30(16-36(42)71)55(87)53-66(96)78-51(67(97)98)34-19-32(82)20-40(84)48(34)33-14-28(7-10-39(33)83)49(63(93)80-53)77-64(94)50(31)76-62(92)38(21-46(72)85)75-65(52)95/h7-12,14-20,23,25-27,37-38,45,47,49-57,59-60,68,81-84,86-90H,13,21-22,24,73H2,1-6H3,(H2,72,85)(H,75,95)(H,76,92)(H,77,94)(H,78,96)(H,79,91)(H,80,93)(H,97,98)/t27-,37+,38-,45+,47-,49+,50-,51-,52+,53-,54+,55+,56+,57-,59+,60+,68-,69-/m0/s1. The molecule has 7 amide bonds. The lowest BCUT2D eigenvalue weighted by Gasteiger charge is -2.47. The van der Waals surface area contributed by atoms with Gasteiger partial charge in [0, 0.05) is 40.9 Å². The Hall–Kier alpha value is -9.49. The number of carbonyl (C=O) groups is 8. The summed E-state index contributed by atoms with van der Waals surface area (Å²) in [5.41, 5.74) is 8.01. The van der Waals surface area contributed by atoms with Crippen LogP contribution in [0.4, 0.5) is 0 Å². The third-order valence-electron chi connectivity index (χ3n) is 18.0. The Morgan fingerprint density at radius 2 is 1.33 bits per heavy atom. The van der Waals surface area contributed by atoms with E-state index in [2.05, 4.69) is 36.9 Å². The summed E-state index contributed by atoms with van der Waals surface area (Å²) in [5, 5.41) is 128. The maximum atomic E-state index is 16.1. The maximum absolute atomic E-state index is 16.1. The summed E-state index contributed by atoms with van der Waals surface area (Å²) < 4.78 is 38.4. The number of carbonyl (C=O) groups excluding carboxylic acids is 7. The molecular weight excluding hydrogens is 1410 g/mol. The molecule has 2 fully saturated rings. The highest BCUT2D eigenvalue weighted by Crippen LogP contribution is 2.50.